The van der Waals surface area contributed by atoms with Crippen LogP contribution in [0, 0.1) is 0 Å². The quantitative estimate of drug-likeness (QED) is 0.883. The summed E-state index contributed by atoms with van der Waals surface area (Å²) in [6, 6.07) is 0.796. The molecule has 0 radical (unpaired) electrons. The van der Waals surface area contributed by atoms with Gasteiger partial charge in [-0.05, 0) is 38.9 Å². The van der Waals surface area contributed by atoms with Gasteiger partial charge in [-0.25, -0.2) is 4.98 Å². The van der Waals surface area contributed by atoms with Crippen LogP contribution in [0.25, 0.3) is 0 Å². The third-order valence-corrected chi connectivity index (χ3v) is 5.21. The van der Waals surface area contributed by atoms with Crippen LogP contribution in [-0.4, -0.2) is 53.5 Å². The van der Waals surface area contributed by atoms with E-state index < -0.39 is 0 Å². The second-order valence-electron chi connectivity index (χ2n) is 5.69. The van der Waals surface area contributed by atoms with E-state index in [1.54, 1.807) is 11.3 Å². The topological polar surface area (TPSA) is 45.4 Å². The Balaban J connectivity index is 1.50. The Morgan fingerprint density at radius 2 is 2.16 bits per heavy atom. The van der Waals surface area contributed by atoms with Gasteiger partial charge in [0.25, 0.3) is 0 Å². The maximum atomic E-state index is 5.57. The molecule has 2 N–H and O–H groups in total. The fourth-order valence-electron chi connectivity index (χ4n) is 3.25. The molecule has 0 saturated carbocycles. The highest BCUT2D eigenvalue weighted by atomic mass is 32.1. The predicted octanol–water partition coefficient (Wildman–Crippen LogP) is 1.31. The van der Waals surface area contributed by atoms with Crippen molar-refractivity contribution in [1.82, 2.24) is 14.8 Å². The van der Waals surface area contributed by atoms with E-state index in [1.807, 2.05) is 0 Å². The Kier molecular flexibility index (Phi) is 4.48. The maximum Gasteiger partial charge on any atom is 0.0941 e. The summed E-state index contributed by atoms with van der Waals surface area (Å²) in [7, 11) is 0. The van der Waals surface area contributed by atoms with E-state index in [0.717, 1.165) is 19.0 Å². The van der Waals surface area contributed by atoms with E-state index in [0.29, 0.717) is 6.54 Å². The third-order valence-electron chi connectivity index (χ3n) is 4.25. The Morgan fingerprint density at radius 1 is 1.32 bits per heavy atom. The van der Waals surface area contributed by atoms with E-state index in [1.165, 1.54) is 56.1 Å². The average molecular weight is 280 g/mol. The van der Waals surface area contributed by atoms with Crippen LogP contribution in [0.2, 0.25) is 0 Å². The molecule has 1 aromatic rings. The van der Waals surface area contributed by atoms with Crippen molar-refractivity contribution >= 4 is 11.3 Å². The van der Waals surface area contributed by atoms with Crippen molar-refractivity contribution in [2.75, 3.05) is 32.7 Å². The van der Waals surface area contributed by atoms with Gasteiger partial charge in [0.15, 0.2) is 0 Å². The van der Waals surface area contributed by atoms with Crippen molar-refractivity contribution in [2.24, 2.45) is 5.73 Å². The minimum Gasteiger partial charge on any atom is -0.330 e. The summed E-state index contributed by atoms with van der Waals surface area (Å²) in [6.07, 6.45) is 5.04. The molecule has 3 heterocycles. The van der Waals surface area contributed by atoms with Gasteiger partial charge in [-0.2, -0.15) is 0 Å². The van der Waals surface area contributed by atoms with Crippen LogP contribution in [0.15, 0.2) is 5.38 Å². The molecule has 2 aliphatic heterocycles. The van der Waals surface area contributed by atoms with Gasteiger partial charge in [0.2, 0.25) is 0 Å². The summed E-state index contributed by atoms with van der Waals surface area (Å²) in [4.78, 5) is 9.91. The highest BCUT2D eigenvalue weighted by Crippen LogP contribution is 2.22. The van der Waals surface area contributed by atoms with Gasteiger partial charge in [0.1, 0.15) is 0 Å². The molecule has 2 fully saturated rings. The van der Waals surface area contributed by atoms with E-state index >= 15 is 0 Å². The molecule has 0 amide bonds. The van der Waals surface area contributed by atoms with Crippen LogP contribution < -0.4 is 5.73 Å². The van der Waals surface area contributed by atoms with Crippen molar-refractivity contribution in [1.29, 1.82) is 0 Å². The lowest BCUT2D eigenvalue weighted by Crippen LogP contribution is -2.35. The van der Waals surface area contributed by atoms with Crippen molar-refractivity contribution in [3.05, 3.63) is 16.1 Å². The van der Waals surface area contributed by atoms with Crippen LogP contribution in [0.5, 0.6) is 0 Å². The van der Waals surface area contributed by atoms with Gasteiger partial charge in [-0.15, -0.1) is 11.3 Å². The first kappa shape index (κ1) is 13.5. The van der Waals surface area contributed by atoms with Crippen molar-refractivity contribution in [3.8, 4) is 0 Å². The largest absolute Gasteiger partial charge is 0.330 e. The molecule has 0 spiro atoms. The Labute approximate surface area is 119 Å². The van der Waals surface area contributed by atoms with Crippen LogP contribution in [-0.2, 0) is 13.0 Å². The molecule has 0 bridgehead atoms. The van der Waals surface area contributed by atoms with Gasteiger partial charge < -0.3 is 5.73 Å². The number of nitrogens with zero attached hydrogens (tertiary/aromatic N) is 3. The number of rotatable bonds is 5. The fourth-order valence-corrected chi connectivity index (χ4v) is 4.05. The molecule has 5 heteroatoms. The van der Waals surface area contributed by atoms with Crippen molar-refractivity contribution < 1.29 is 0 Å². The zero-order valence-corrected chi connectivity index (χ0v) is 12.4. The average Bonchev–Trinajstić information content (AvgIpc) is 3.10. The summed E-state index contributed by atoms with van der Waals surface area (Å²) in [5.74, 6) is 0. The molecule has 106 valence electrons. The second kappa shape index (κ2) is 6.31. The number of hydrogen-bond donors (Lipinski definition) is 1. The molecule has 19 heavy (non-hydrogen) atoms. The number of nitrogens with two attached hydrogens (primary N) is 1. The monoisotopic (exact) mass is 280 g/mol. The van der Waals surface area contributed by atoms with Crippen LogP contribution in [0.3, 0.4) is 0 Å². The smallest absolute Gasteiger partial charge is 0.0941 e. The summed E-state index contributed by atoms with van der Waals surface area (Å²) in [5.41, 5.74) is 6.80. The minimum atomic E-state index is 0.702. The molecule has 0 aromatic carbocycles. The van der Waals surface area contributed by atoms with Gasteiger partial charge in [0, 0.05) is 37.5 Å². The molecule has 1 atom stereocenters. The van der Waals surface area contributed by atoms with E-state index in [-0.39, 0.29) is 0 Å². The normalized spacial score (nSPS) is 25.4. The molecule has 1 aromatic heterocycles. The van der Waals surface area contributed by atoms with Gasteiger partial charge in [-0.3, -0.25) is 9.80 Å². The van der Waals surface area contributed by atoms with Gasteiger partial charge in [-0.1, -0.05) is 0 Å². The Hall–Kier alpha value is -0.490. The van der Waals surface area contributed by atoms with Crippen molar-refractivity contribution in [3.63, 3.8) is 0 Å². The first-order valence-electron chi connectivity index (χ1n) is 7.45. The molecule has 4 nitrogen and oxygen atoms in total. The summed E-state index contributed by atoms with van der Waals surface area (Å²) >= 11 is 1.76. The van der Waals surface area contributed by atoms with E-state index in [4.69, 9.17) is 5.73 Å². The minimum absolute atomic E-state index is 0.702. The highest BCUT2D eigenvalue weighted by molar-refractivity contribution is 7.09. The maximum absolute atomic E-state index is 5.57. The number of hydrogen-bond acceptors (Lipinski definition) is 5. The number of aromatic nitrogens is 1. The lowest BCUT2D eigenvalue weighted by molar-refractivity contribution is 0.229. The van der Waals surface area contributed by atoms with E-state index in [9.17, 15) is 0 Å². The first-order valence-corrected chi connectivity index (χ1v) is 8.33. The zero-order chi connectivity index (χ0) is 13.1. The molecule has 2 saturated heterocycles. The third kappa shape index (κ3) is 3.34. The Bertz CT molecular complexity index is 400. The highest BCUT2D eigenvalue weighted by Gasteiger charge is 2.29. The molecule has 2 aliphatic rings. The van der Waals surface area contributed by atoms with Crippen LogP contribution in [0.1, 0.15) is 30.0 Å². The molecular weight excluding hydrogens is 256 g/mol. The zero-order valence-electron chi connectivity index (χ0n) is 11.6. The summed E-state index contributed by atoms with van der Waals surface area (Å²) in [5, 5.41) is 3.39. The molecule has 0 aliphatic carbocycles. The number of thiazole rings is 1. The molecule has 3 rings (SSSR count). The predicted molar refractivity (Wildman–Crippen MR) is 79.4 cm³/mol. The molecular formula is C14H24N4S. The lowest BCUT2D eigenvalue weighted by atomic mass is 10.2. The fraction of sp³-hybridized carbons (Fsp3) is 0.786. The van der Waals surface area contributed by atoms with Crippen LogP contribution in [0.4, 0.5) is 0 Å². The molecule has 1 unspecified atom stereocenters. The first-order chi connectivity index (χ1) is 9.35. The van der Waals surface area contributed by atoms with Crippen molar-refractivity contribution in [2.45, 2.75) is 38.3 Å². The second-order valence-corrected chi connectivity index (χ2v) is 6.63. The summed E-state index contributed by atoms with van der Waals surface area (Å²) < 4.78 is 0. The van der Waals surface area contributed by atoms with E-state index in [2.05, 4.69) is 20.2 Å². The SMILES string of the molecule is NCCc1nc(CN2CCC(N3CCCC3)C2)cs1. The van der Waals surface area contributed by atoms with Gasteiger partial charge >= 0.3 is 0 Å². The lowest BCUT2D eigenvalue weighted by Gasteiger charge is -2.23. The van der Waals surface area contributed by atoms with Crippen LogP contribution >= 0.6 is 11.3 Å². The standard InChI is InChI=1S/C14H24N4S/c15-5-3-14-16-12(11-19-14)9-17-8-4-13(10-17)18-6-1-2-7-18/h11,13H,1-10,15H2. The number of likely N-dealkylation sites (tertiary alicyclic amines) is 2. The van der Waals surface area contributed by atoms with Gasteiger partial charge in [0.05, 0.1) is 10.7 Å². The summed E-state index contributed by atoms with van der Waals surface area (Å²) in [6.45, 7) is 6.81. The Morgan fingerprint density at radius 3 is 2.95 bits per heavy atom.